The van der Waals surface area contributed by atoms with Crippen molar-refractivity contribution in [2.45, 2.75) is 38.6 Å². The number of aliphatic imine (C=N–C) groups is 1. The molecule has 0 fully saturated rings. The summed E-state index contributed by atoms with van der Waals surface area (Å²) in [6.07, 6.45) is 3.57. The van der Waals surface area contributed by atoms with Crippen LogP contribution in [-0.2, 0) is 16.8 Å². The Morgan fingerprint density at radius 1 is 1.00 bits per heavy atom. The number of nitrogens with zero attached hydrogens (tertiary/aromatic N) is 3. The van der Waals surface area contributed by atoms with Crippen molar-refractivity contribution in [2.75, 3.05) is 13.1 Å². The van der Waals surface area contributed by atoms with Crippen LogP contribution >= 0.6 is 0 Å². The SMILES string of the molecule is CCCN(CCC)C(=O)c1cnc(CC2C(=O)C(c3ccccc3)(c3ccccc3)N=C2N)[nH]1. The van der Waals surface area contributed by atoms with E-state index >= 15 is 0 Å². The van der Waals surface area contributed by atoms with Crippen LogP contribution in [0.15, 0.2) is 71.9 Å². The van der Waals surface area contributed by atoms with Gasteiger partial charge in [-0.1, -0.05) is 74.5 Å². The van der Waals surface area contributed by atoms with Gasteiger partial charge >= 0.3 is 0 Å². The van der Waals surface area contributed by atoms with Gasteiger partial charge in [0.2, 0.25) is 0 Å². The molecule has 2 aromatic carbocycles. The molecular formula is C27H31N5O2. The molecule has 3 aromatic rings. The Balaban J connectivity index is 1.62. The minimum absolute atomic E-state index is 0.0789. The summed E-state index contributed by atoms with van der Waals surface area (Å²) in [5, 5.41) is 0. The number of nitrogens with one attached hydrogen (secondary N) is 1. The number of H-pyrrole nitrogens is 1. The fourth-order valence-corrected chi connectivity index (χ4v) is 4.64. The number of hydrogen-bond donors (Lipinski definition) is 2. The third-order valence-corrected chi connectivity index (χ3v) is 6.24. The zero-order chi connectivity index (χ0) is 24.1. The van der Waals surface area contributed by atoms with E-state index in [9.17, 15) is 9.59 Å². The topological polar surface area (TPSA) is 104 Å². The van der Waals surface area contributed by atoms with Gasteiger partial charge in [0, 0.05) is 19.5 Å². The quantitative estimate of drug-likeness (QED) is 0.511. The van der Waals surface area contributed by atoms with Gasteiger partial charge in [0.25, 0.3) is 5.91 Å². The highest BCUT2D eigenvalue weighted by atomic mass is 16.2. The second-order valence-corrected chi connectivity index (χ2v) is 8.64. The van der Waals surface area contributed by atoms with Crippen LogP contribution in [0.25, 0.3) is 0 Å². The minimum atomic E-state index is -1.19. The summed E-state index contributed by atoms with van der Waals surface area (Å²) < 4.78 is 0. The van der Waals surface area contributed by atoms with Crippen LogP contribution in [0.2, 0.25) is 0 Å². The average molecular weight is 458 g/mol. The number of benzene rings is 2. The predicted molar refractivity (Wildman–Crippen MR) is 133 cm³/mol. The van der Waals surface area contributed by atoms with Crippen LogP contribution in [0.5, 0.6) is 0 Å². The number of imidazole rings is 1. The molecule has 176 valence electrons. The van der Waals surface area contributed by atoms with Crippen LogP contribution in [0.3, 0.4) is 0 Å². The summed E-state index contributed by atoms with van der Waals surface area (Å²) >= 11 is 0. The molecule has 0 spiro atoms. The number of nitrogens with two attached hydrogens (primary N) is 1. The average Bonchev–Trinajstić information content (AvgIpc) is 3.43. The lowest BCUT2D eigenvalue weighted by atomic mass is 9.77. The molecular weight excluding hydrogens is 426 g/mol. The van der Waals surface area contributed by atoms with Crippen molar-refractivity contribution in [3.05, 3.63) is 89.5 Å². The molecule has 1 aliphatic rings. The maximum absolute atomic E-state index is 14.0. The first-order chi connectivity index (χ1) is 16.5. The number of aromatic amines is 1. The summed E-state index contributed by atoms with van der Waals surface area (Å²) in [4.78, 5) is 41.0. The van der Waals surface area contributed by atoms with E-state index in [2.05, 4.69) is 9.97 Å². The molecule has 0 radical (unpaired) electrons. The highest BCUT2D eigenvalue weighted by Crippen LogP contribution is 2.42. The van der Waals surface area contributed by atoms with Crippen molar-refractivity contribution in [1.29, 1.82) is 0 Å². The van der Waals surface area contributed by atoms with Crippen molar-refractivity contribution in [2.24, 2.45) is 16.6 Å². The molecule has 7 heteroatoms. The molecule has 2 heterocycles. The molecule has 4 rings (SSSR count). The first kappa shape index (κ1) is 23.4. The zero-order valence-electron chi connectivity index (χ0n) is 19.7. The van der Waals surface area contributed by atoms with Crippen molar-refractivity contribution in [3.63, 3.8) is 0 Å². The molecule has 7 nitrogen and oxygen atoms in total. The number of carbonyl (C=O) groups is 2. The number of ketones is 1. The Kier molecular flexibility index (Phi) is 6.91. The van der Waals surface area contributed by atoms with Gasteiger partial charge in [0.05, 0.1) is 12.1 Å². The fraction of sp³-hybridized carbons (Fsp3) is 0.333. The Bertz CT molecular complexity index is 1120. The molecule has 3 N–H and O–H groups in total. The van der Waals surface area contributed by atoms with Crippen molar-refractivity contribution >= 4 is 17.5 Å². The lowest BCUT2D eigenvalue weighted by Crippen LogP contribution is -2.37. The second-order valence-electron chi connectivity index (χ2n) is 8.64. The number of carbonyl (C=O) groups excluding carboxylic acids is 2. The first-order valence-corrected chi connectivity index (χ1v) is 11.8. The van der Waals surface area contributed by atoms with Gasteiger partial charge in [0.1, 0.15) is 17.4 Å². The van der Waals surface area contributed by atoms with E-state index in [1.54, 1.807) is 6.20 Å². The smallest absolute Gasteiger partial charge is 0.271 e. The summed E-state index contributed by atoms with van der Waals surface area (Å²) in [5.41, 5.74) is 7.17. The van der Waals surface area contributed by atoms with Crippen molar-refractivity contribution < 1.29 is 9.59 Å². The summed E-state index contributed by atoms with van der Waals surface area (Å²) in [5.74, 6) is 0.0113. The van der Waals surface area contributed by atoms with E-state index in [-0.39, 0.29) is 23.9 Å². The van der Waals surface area contributed by atoms with Gasteiger partial charge < -0.3 is 15.6 Å². The Labute approximate surface area is 200 Å². The van der Waals surface area contributed by atoms with Crippen molar-refractivity contribution in [1.82, 2.24) is 14.9 Å². The monoisotopic (exact) mass is 457 g/mol. The molecule has 0 saturated carbocycles. The largest absolute Gasteiger partial charge is 0.387 e. The highest BCUT2D eigenvalue weighted by molar-refractivity contribution is 6.15. The summed E-state index contributed by atoms with van der Waals surface area (Å²) in [6, 6.07) is 19.0. The fourth-order valence-electron chi connectivity index (χ4n) is 4.64. The Hall–Kier alpha value is -3.74. The van der Waals surface area contributed by atoms with E-state index in [4.69, 9.17) is 10.7 Å². The van der Waals surface area contributed by atoms with Gasteiger partial charge in [0.15, 0.2) is 11.3 Å². The van der Waals surface area contributed by atoms with E-state index in [1.165, 1.54) is 0 Å². The number of rotatable bonds is 9. The summed E-state index contributed by atoms with van der Waals surface area (Å²) in [7, 11) is 0. The van der Waals surface area contributed by atoms with Gasteiger partial charge in [-0.25, -0.2) is 9.98 Å². The van der Waals surface area contributed by atoms with E-state index < -0.39 is 11.5 Å². The first-order valence-electron chi connectivity index (χ1n) is 11.8. The molecule has 1 aliphatic heterocycles. The third kappa shape index (κ3) is 4.25. The van der Waals surface area contributed by atoms with Gasteiger partial charge in [-0.2, -0.15) is 0 Å². The van der Waals surface area contributed by atoms with Gasteiger partial charge in [-0.05, 0) is 24.0 Å². The van der Waals surface area contributed by atoms with E-state index in [1.807, 2.05) is 79.4 Å². The number of amidine groups is 1. The molecule has 1 atom stereocenters. The second kappa shape index (κ2) is 10.0. The van der Waals surface area contributed by atoms with Crippen LogP contribution in [-0.4, -0.2) is 45.5 Å². The Morgan fingerprint density at radius 2 is 1.56 bits per heavy atom. The molecule has 1 amide bonds. The zero-order valence-corrected chi connectivity index (χ0v) is 19.7. The standard InChI is InChI=1S/C27H31N5O2/c1-3-15-32(16-4-2)26(34)22-18-29-23(30-22)17-21-24(33)27(31-25(21)28,19-11-7-5-8-12-19)20-13-9-6-10-14-20/h5-14,18,21H,3-4,15-17H2,1-2H3,(H2,28,31)(H,29,30). The normalized spacial score (nSPS) is 16.9. The maximum Gasteiger partial charge on any atom is 0.271 e. The van der Waals surface area contributed by atoms with Crippen LogP contribution in [0.4, 0.5) is 0 Å². The minimum Gasteiger partial charge on any atom is -0.387 e. The molecule has 0 bridgehead atoms. The number of hydrogen-bond acceptors (Lipinski definition) is 5. The summed E-state index contributed by atoms with van der Waals surface area (Å²) in [6.45, 7) is 5.48. The molecule has 1 unspecified atom stereocenters. The van der Waals surface area contributed by atoms with E-state index in [0.29, 0.717) is 24.6 Å². The van der Waals surface area contributed by atoms with Crippen LogP contribution in [0, 0.1) is 5.92 Å². The molecule has 0 saturated heterocycles. The molecule has 0 aliphatic carbocycles. The van der Waals surface area contributed by atoms with E-state index in [0.717, 1.165) is 24.0 Å². The molecule has 1 aromatic heterocycles. The van der Waals surface area contributed by atoms with Crippen LogP contribution in [0.1, 0.15) is 54.1 Å². The van der Waals surface area contributed by atoms with Crippen LogP contribution < -0.4 is 5.73 Å². The predicted octanol–water partition coefficient (Wildman–Crippen LogP) is 3.71. The lowest BCUT2D eigenvalue weighted by Gasteiger charge is -2.26. The van der Waals surface area contributed by atoms with Gasteiger partial charge in [-0.15, -0.1) is 0 Å². The van der Waals surface area contributed by atoms with Gasteiger partial charge in [-0.3, -0.25) is 9.59 Å². The lowest BCUT2D eigenvalue weighted by molar-refractivity contribution is -0.124. The Morgan fingerprint density at radius 3 is 2.09 bits per heavy atom. The maximum atomic E-state index is 14.0. The highest BCUT2D eigenvalue weighted by Gasteiger charge is 2.51. The van der Waals surface area contributed by atoms with Crippen molar-refractivity contribution in [3.8, 4) is 0 Å². The number of amides is 1. The third-order valence-electron chi connectivity index (χ3n) is 6.24. The molecule has 34 heavy (non-hydrogen) atoms. The number of aromatic nitrogens is 2. The number of Topliss-reactive ketones (excluding diaryl/α,β-unsaturated/α-hetero) is 1.